The Morgan fingerprint density at radius 1 is 1.36 bits per heavy atom. The molecule has 0 bridgehead atoms. The van der Waals surface area contributed by atoms with Gasteiger partial charge in [-0.3, -0.25) is 14.3 Å². The number of carbonyl (C=O) groups is 1. The number of hydrogen-bond donors (Lipinski definition) is 2. The molecule has 0 saturated heterocycles. The van der Waals surface area contributed by atoms with Crippen molar-refractivity contribution >= 4 is 22.6 Å². The van der Waals surface area contributed by atoms with Crippen LogP contribution >= 0.6 is 0 Å². The molecule has 1 heterocycles. The first-order chi connectivity index (χ1) is 10.5. The third-order valence-corrected chi connectivity index (χ3v) is 4.77. The van der Waals surface area contributed by atoms with Gasteiger partial charge in [0.1, 0.15) is 5.25 Å². The highest BCUT2D eigenvalue weighted by Crippen LogP contribution is 2.13. The molecule has 0 aliphatic rings. The summed E-state index contributed by atoms with van der Waals surface area (Å²) in [5.74, 6) is 0.149. The summed E-state index contributed by atoms with van der Waals surface area (Å²) in [6.45, 7) is 3.33. The zero-order valence-corrected chi connectivity index (χ0v) is 13.2. The Labute approximate surface area is 131 Å². The highest BCUT2D eigenvalue weighted by Gasteiger charge is 2.21. The van der Waals surface area contributed by atoms with E-state index in [4.69, 9.17) is 9.63 Å². The first-order valence-corrected chi connectivity index (χ1v) is 8.18. The van der Waals surface area contributed by atoms with Crippen LogP contribution in [0.3, 0.4) is 0 Å². The Kier molecular flexibility index (Phi) is 5.46. The van der Waals surface area contributed by atoms with Crippen molar-refractivity contribution < 1.29 is 18.6 Å². The Balaban J connectivity index is 1.94. The molecule has 2 atom stereocenters. The number of aliphatic hydroxyl groups excluding tert-OH is 1. The van der Waals surface area contributed by atoms with E-state index >= 15 is 0 Å². The first-order valence-electron chi connectivity index (χ1n) is 6.79. The molecule has 2 N–H and O–H groups in total. The molecule has 0 fully saturated rings. The summed E-state index contributed by atoms with van der Waals surface area (Å²) in [6, 6.07) is 8.74. The lowest BCUT2D eigenvalue weighted by Crippen LogP contribution is -2.29. The second-order valence-electron chi connectivity index (χ2n) is 4.96. The molecule has 0 saturated carbocycles. The van der Waals surface area contributed by atoms with Crippen molar-refractivity contribution in [3.8, 4) is 0 Å². The summed E-state index contributed by atoms with van der Waals surface area (Å²) in [5.41, 5.74) is 2.31. The summed E-state index contributed by atoms with van der Waals surface area (Å²) in [7, 11) is -1.36. The van der Waals surface area contributed by atoms with Crippen LogP contribution in [0.5, 0.6) is 0 Å². The van der Waals surface area contributed by atoms with Crippen LogP contribution in [0.1, 0.15) is 23.7 Å². The summed E-state index contributed by atoms with van der Waals surface area (Å²) >= 11 is 0. The summed E-state index contributed by atoms with van der Waals surface area (Å²) in [5, 5.41) is 14.5. The van der Waals surface area contributed by atoms with Crippen LogP contribution in [0.25, 0.3) is 0 Å². The molecule has 0 radical (unpaired) electrons. The fourth-order valence-electron chi connectivity index (χ4n) is 1.80. The molecular formula is C15H18N2O4S. The molecule has 0 aliphatic carbocycles. The molecule has 0 aliphatic heterocycles. The number of carbonyl (C=O) groups excluding carboxylic acids is 1. The van der Waals surface area contributed by atoms with E-state index in [1.165, 1.54) is 0 Å². The predicted molar refractivity (Wildman–Crippen MR) is 83.5 cm³/mol. The third kappa shape index (κ3) is 4.25. The Hall–Kier alpha value is -1.99. The van der Waals surface area contributed by atoms with E-state index in [9.17, 15) is 9.00 Å². The SMILES string of the molecule is Cc1cc(NC(=O)C(C)S(=O)Cc2ccc(CO)cc2)on1. The number of hydrogen-bond acceptors (Lipinski definition) is 5. The average Bonchev–Trinajstić information content (AvgIpc) is 2.92. The molecule has 0 spiro atoms. The van der Waals surface area contributed by atoms with Gasteiger partial charge < -0.3 is 9.63 Å². The van der Waals surface area contributed by atoms with Gasteiger partial charge in [-0.15, -0.1) is 0 Å². The van der Waals surface area contributed by atoms with Gasteiger partial charge in [-0.05, 0) is 25.0 Å². The standard InChI is InChI=1S/C15H18N2O4S/c1-10-7-14(21-17-10)16-15(19)11(2)22(20)9-13-5-3-12(8-18)4-6-13/h3-7,11,18H,8-9H2,1-2H3,(H,16,19). The van der Waals surface area contributed by atoms with Gasteiger partial charge in [0, 0.05) is 22.6 Å². The second-order valence-corrected chi connectivity index (χ2v) is 6.72. The normalized spacial score (nSPS) is 13.6. The summed E-state index contributed by atoms with van der Waals surface area (Å²) in [4.78, 5) is 12.0. The van der Waals surface area contributed by atoms with Crippen molar-refractivity contribution in [1.82, 2.24) is 5.16 Å². The smallest absolute Gasteiger partial charge is 0.242 e. The minimum absolute atomic E-state index is 0.0290. The zero-order valence-electron chi connectivity index (χ0n) is 12.4. The van der Waals surface area contributed by atoms with Crippen LogP contribution in [0.4, 0.5) is 5.88 Å². The van der Waals surface area contributed by atoms with Crippen molar-refractivity contribution in [3.05, 3.63) is 47.2 Å². The quantitative estimate of drug-likeness (QED) is 0.845. The minimum Gasteiger partial charge on any atom is -0.392 e. The molecule has 2 rings (SSSR count). The van der Waals surface area contributed by atoms with Crippen molar-refractivity contribution in [2.75, 3.05) is 5.32 Å². The van der Waals surface area contributed by atoms with E-state index in [-0.39, 0.29) is 24.2 Å². The van der Waals surface area contributed by atoms with Gasteiger partial charge in [-0.2, -0.15) is 0 Å². The van der Waals surface area contributed by atoms with Gasteiger partial charge in [0.15, 0.2) is 0 Å². The molecule has 1 amide bonds. The molecule has 118 valence electrons. The lowest BCUT2D eigenvalue weighted by molar-refractivity contribution is -0.115. The Morgan fingerprint density at radius 3 is 2.55 bits per heavy atom. The molecule has 1 aromatic carbocycles. The van der Waals surface area contributed by atoms with Gasteiger partial charge in [0.25, 0.3) is 0 Å². The molecule has 22 heavy (non-hydrogen) atoms. The van der Waals surface area contributed by atoms with E-state index < -0.39 is 16.0 Å². The van der Waals surface area contributed by atoms with Gasteiger partial charge in [-0.1, -0.05) is 29.4 Å². The van der Waals surface area contributed by atoms with E-state index in [1.54, 1.807) is 44.2 Å². The maximum Gasteiger partial charge on any atom is 0.242 e. The van der Waals surface area contributed by atoms with E-state index in [0.29, 0.717) is 5.69 Å². The first kappa shape index (κ1) is 16.4. The fraction of sp³-hybridized carbons (Fsp3) is 0.333. The zero-order chi connectivity index (χ0) is 16.1. The number of aryl methyl sites for hydroxylation is 1. The number of amides is 1. The Morgan fingerprint density at radius 2 is 2.00 bits per heavy atom. The largest absolute Gasteiger partial charge is 0.392 e. The second kappa shape index (κ2) is 7.33. The van der Waals surface area contributed by atoms with Crippen molar-refractivity contribution in [2.24, 2.45) is 0 Å². The summed E-state index contributed by atoms with van der Waals surface area (Å²) < 4.78 is 17.2. The molecule has 6 nitrogen and oxygen atoms in total. The molecular weight excluding hydrogens is 304 g/mol. The van der Waals surface area contributed by atoms with Crippen molar-refractivity contribution in [2.45, 2.75) is 31.5 Å². The van der Waals surface area contributed by atoms with Crippen LogP contribution in [0, 0.1) is 6.92 Å². The number of rotatable bonds is 6. The number of benzene rings is 1. The van der Waals surface area contributed by atoms with Crippen LogP contribution < -0.4 is 5.32 Å². The maximum absolute atomic E-state index is 12.3. The highest BCUT2D eigenvalue weighted by atomic mass is 32.2. The fourth-order valence-corrected chi connectivity index (χ4v) is 2.86. The van der Waals surface area contributed by atoms with Gasteiger partial charge in [0.05, 0.1) is 12.3 Å². The van der Waals surface area contributed by atoms with Crippen LogP contribution in [-0.4, -0.2) is 25.6 Å². The number of nitrogens with one attached hydrogen (secondary N) is 1. The number of anilines is 1. The van der Waals surface area contributed by atoms with Crippen molar-refractivity contribution in [3.63, 3.8) is 0 Å². The topological polar surface area (TPSA) is 92.4 Å². The van der Waals surface area contributed by atoms with E-state index in [1.807, 2.05) is 0 Å². The average molecular weight is 322 g/mol. The third-order valence-electron chi connectivity index (χ3n) is 3.15. The maximum atomic E-state index is 12.3. The molecule has 7 heteroatoms. The van der Waals surface area contributed by atoms with Gasteiger partial charge >= 0.3 is 0 Å². The minimum atomic E-state index is -1.36. The van der Waals surface area contributed by atoms with E-state index in [2.05, 4.69) is 10.5 Å². The highest BCUT2D eigenvalue weighted by molar-refractivity contribution is 7.85. The van der Waals surface area contributed by atoms with Gasteiger partial charge in [-0.25, -0.2) is 0 Å². The molecule has 2 unspecified atom stereocenters. The monoisotopic (exact) mass is 322 g/mol. The van der Waals surface area contributed by atoms with Crippen LogP contribution in [-0.2, 0) is 28.0 Å². The lowest BCUT2D eigenvalue weighted by Gasteiger charge is -2.10. The summed E-state index contributed by atoms with van der Waals surface area (Å²) in [6.07, 6.45) is 0. The van der Waals surface area contributed by atoms with Crippen LogP contribution in [0.15, 0.2) is 34.9 Å². The lowest BCUT2D eigenvalue weighted by atomic mass is 10.2. The predicted octanol–water partition coefficient (Wildman–Crippen LogP) is 1.75. The van der Waals surface area contributed by atoms with Crippen LogP contribution in [0.2, 0.25) is 0 Å². The number of aromatic nitrogens is 1. The molecule has 2 aromatic rings. The number of aliphatic hydroxyl groups is 1. The number of nitrogens with zero attached hydrogens (tertiary/aromatic N) is 1. The Bertz CT molecular complexity index is 666. The van der Waals surface area contributed by atoms with E-state index in [0.717, 1.165) is 11.1 Å². The molecule has 1 aromatic heterocycles. The van der Waals surface area contributed by atoms with Gasteiger partial charge in [0.2, 0.25) is 11.8 Å². The van der Waals surface area contributed by atoms with Crippen molar-refractivity contribution in [1.29, 1.82) is 0 Å².